The van der Waals surface area contributed by atoms with E-state index in [9.17, 15) is 0 Å². The zero-order chi connectivity index (χ0) is 3.58. The largest absolute Gasteiger partial charge is 0.412 e. The Labute approximate surface area is 33.8 Å². The minimum atomic E-state index is 1.02. The first-order chi connectivity index (χ1) is 1.73. The molecule has 0 fully saturated rings. The molecule has 4 heavy (non-hydrogen) atoms. The summed E-state index contributed by atoms with van der Waals surface area (Å²) in [7, 11) is 7.11. The van der Waals surface area contributed by atoms with Crippen LogP contribution in [-0.4, -0.2) is 32.9 Å². The van der Waals surface area contributed by atoms with Crippen LogP contribution in [0.15, 0.2) is 0 Å². The summed E-state index contributed by atoms with van der Waals surface area (Å²) in [5.41, 5.74) is 0. The topological polar surface area (TPSA) is 3.24 Å². The third-order valence-electron chi connectivity index (χ3n) is 0. The average molecular weight is 87.0 g/mol. The third kappa shape index (κ3) is 24.9. The van der Waals surface area contributed by atoms with E-state index in [1.807, 2.05) is 0 Å². The molecular formula is H6BNSi2. The molecule has 0 amide bonds. The van der Waals surface area contributed by atoms with Crippen molar-refractivity contribution < 1.29 is 0 Å². The molecule has 0 rings (SSSR count). The highest BCUT2D eigenvalue weighted by Crippen LogP contribution is 1.38. The monoisotopic (exact) mass is 87.0 g/mol. The van der Waals surface area contributed by atoms with Crippen molar-refractivity contribution in [3.63, 3.8) is 0 Å². The van der Waals surface area contributed by atoms with E-state index in [4.69, 9.17) is 7.98 Å². The van der Waals surface area contributed by atoms with Crippen LogP contribution >= 0.6 is 0 Å². The summed E-state index contributed by atoms with van der Waals surface area (Å²) in [4.78, 5) is 0. The predicted molar refractivity (Wildman–Crippen MR) is 27.5 cm³/mol. The van der Waals surface area contributed by atoms with E-state index in [1.165, 1.54) is 0 Å². The van der Waals surface area contributed by atoms with Crippen LogP contribution in [0.4, 0.5) is 0 Å². The fraction of sp³-hybridized carbons (Fsp3) is 0. The zero-order valence-corrected chi connectivity index (χ0v) is 7.02. The second-order valence-corrected chi connectivity index (χ2v) is 5.57. The smallest absolute Gasteiger partial charge is 0.163 e. The van der Waals surface area contributed by atoms with Gasteiger partial charge in [-0.1, -0.05) is 0 Å². The molecule has 0 saturated carbocycles. The Morgan fingerprint density at radius 3 is 1.50 bits per heavy atom. The lowest BCUT2D eigenvalue weighted by atomic mass is 10.5. The highest BCUT2D eigenvalue weighted by molar-refractivity contribution is 6.41. The highest BCUT2D eigenvalue weighted by Gasteiger charge is 1.59. The van der Waals surface area contributed by atoms with Crippen LogP contribution in [0.1, 0.15) is 0 Å². The number of hydrogen-bond donors (Lipinski definition) is 0. The van der Waals surface area contributed by atoms with Gasteiger partial charge in [-0.3, -0.25) is 0 Å². The van der Waals surface area contributed by atoms with E-state index in [0.29, 0.717) is 0 Å². The predicted octanol–water partition coefficient (Wildman–Crippen LogP) is -3.07. The molecule has 0 spiro atoms. The van der Waals surface area contributed by atoms with Crippen LogP contribution in [0.5, 0.6) is 0 Å². The van der Waals surface area contributed by atoms with Crippen molar-refractivity contribution in [2.24, 2.45) is 0 Å². The summed E-state index contributed by atoms with van der Waals surface area (Å²) < 4.78 is 1.78. The van der Waals surface area contributed by atoms with Crippen LogP contribution < -0.4 is 0 Å². The lowest BCUT2D eigenvalue weighted by molar-refractivity contribution is 1.18. The summed E-state index contributed by atoms with van der Waals surface area (Å²) in [6.07, 6.45) is 0. The highest BCUT2D eigenvalue weighted by atomic mass is 28.2. The summed E-state index contributed by atoms with van der Waals surface area (Å²) in [6.45, 7) is 0. The minimum Gasteiger partial charge on any atom is -0.412 e. The summed E-state index contributed by atoms with van der Waals surface area (Å²) >= 11 is 0. The second-order valence-electron chi connectivity index (χ2n) is 0.964. The maximum Gasteiger partial charge on any atom is 0.163 e. The molecule has 0 bridgehead atoms. The van der Waals surface area contributed by atoms with Gasteiger partial charge in [0.2, 0.25) is 0 Å². The number of hydrogen-bond acceptors (Lipinski definition) is 1. The molecule has 0 heterocycles. The van der Waals surface area contributed by atoms with Gasteiger partial charge in [0.15, 0.2) is 7.98 Å². The fourth-order valence-corrected chi connectivity index (χ4v) is 0. The maximum absolute atomic E-state index is 5.07. The van der Waals surface area contributed by atoms with E-state index in [0.717, 1.165) is 20.8 Å². The summed E-state index contributed by atoms with van der Waals surface area (Å²) in [6, 6.07) is 0. The first kappa shape index (κ1) is 4.46. The molecule has 22 valence electrons. The summed E-state index contributed by atoms with van der Waals surface area (Å²) in [5.74, 6) is 0. The van der Waals surface area contributed by atoms with Crippen molar-refractivity contribution in [1.29, 1.82) is 0 Å². The van der Waals surface area contributed by atoms with Gasteiger partial charge in [-0.25, -0.2) is 0 Å². The van der Waals surface area contributed by atoms with Gasteiger partial charge in [0.1, 0.15) is 0 Å². The average Bonchev–Trinajstić information content (AvgIpc) is 0.811. The molecule has 0 aromatic rings. The molecule has 0 saturated heterocycles. The Hall–Kier alpha value is 0.459. The van der Waals surface area contributed by atoms with Crippen molar-refractivity contribution in [3.05, 3.63) is 0 Å². The quantitative estimate of drug-likeness (QED) is 0.283. The number of nitrogens with zero attached hydrogens (tertiary/aromatic N) is 1. The molecule has 0 aliphatic heterocycles. The Morgan fingerprint density at radius 1 is 1.50 bits per heavy atom. The molecule has 0 unspecified atom stereocenters. The molecule has 0 N–H and O–H groups in total. The van der Waals surface area contributed by atoms with Gasteiger partial charge in [0.05, 0.1) is 20.8 Å². The molecule has 0 atom stereocenters. The van der Waals surface area contributed by atoms with E-state index in [-0.39, 0.29) is 0 Å². The van der Waals surface area contributed by atoms with E-state index in [1.54, 1.807) is 4.14 Å². The van der Waals surface area contributed by atoms with Crippen molar-refractivity contribution in [2.75, 3.05) is 0 Å². The van der Waals surface area contributed by atoms with E-state index < -0.39 is 0 Å². The molecule has 0 aromatic heterocycles. The minimum absolute atomic E-state index is 1.02. The van der Waals surface area contributed by atoms with Crippen molar-refractivity contribution in [2.45, 2.75) is 0 Å². The van der Waals surface area contributed by atoms with E-state index in [2.05, 4.69) is 0 Å². The lowest BCUT2D eigenvalue weighted by Crippen LogP contribution is -2.08. The van der Waals surface area contributed by atoms with Gasteiger partial charge in [-0.2, -0.15) is 0 Å². The maximum atomic E-state index is 5.07. The van der Waals surface area contributed by atoms with Crippen LogP contribution in [0, 0.1) is 0 Å². The molecule has 2 radical (unpaired) electrons. The lowest BCUT2D eigenvalue weighted by Gasteiger charge is -1.91. The Morgan fingerprint density at radius 2 is 1.50 bits per heavy atom. The Kier molecular flexibility index (Phi) is 1.95. The van der Waals surface area contributed by atoms with Crippen molar-refractivity contribution in [1.82, 2.24) is 4.14 Å². The molecule has 4 heteroatoms. The molecular weight excluding hydrogens is 81.0 g/mol. The van der Waals surface area contributed by atoms with Gasteiger partial charge < -0.3 is 4.14 Å². The molecule has 0 aliphatic carbocycles. The first-order valence-corrected chi connectivity index (χ1v) is 2.94. The Balaban J connectivity index is 2.32. The SMILES string of the molecule is [B]N([SiH3])[SiH3]. The summed E-state index contributed by atoms with van der Waals surface area (Å²) in [5, 5.41) is 0. The van der Waals surface area contributed by atoms with Gasteiger partial charge in [-0.05, 0) is 0 Å². The van der Waals surface area contributed by atoms with Crippen molar-refractivity contribution >= 4 is 28.8 Å². The van der Waals surface area contributed by atoms with Gasteiger partial charge in [-0.15, -0.1) is 0 Å². The van der Waals surface area contributed by atoms with E-state index >= 15 is 0 Å². The van der Waals surface area contributed by atoms with Gasteiger partial charge >= 0.3 is 0 Å². The van der Waals surface area contributed by atoms with Gasteiger partial charge in [0, 0.05) is 0 Å². The zero-order valence-electron chi connectivity index (χ0n) is 3.02. The van der Waals surface area contributed by atoms with Crippen LogP contribution in [-0.2, 0) is 0 Å². The first-order valence-electron chi connectivity index (χ1n) is 1.15. The molecule has 1 nitrogen and oxygen atoms in total. The van der Waals surface area contributed by atoms with Gasteiger partial charge in [0.25, 0.3) is 0 Å². The van der Waals surface area contributed by atoms with Crippen LogP contribution in [0.3, 0.4) is 0 Å². The molecule has 0 aromatic carbocycles. The van der Waals surface area contributed by atoms with Crippen LogP contribution in [0.25, 0.3) is 0 Å². The van der Waals surface area contributed by atoms with Crippen molar-refractivity contribution in [3.8, 4) is 0 Å². The Bertz CT molecular complexity index is 10.8. The molecule has 0 aliphatic rings. The number of rotatable bonds is 0. The fourth-order valence-electron chi connectivity index (χ4n) is 0. The second kappa shape index (κ2) is 1.75. The van der Waals surface area contributed by atoms with Crippen LogP contribution in [0.2, 0.25) is 0 Å². The normalized spacial score (nSPS) is 10.2. The third-order valence-corrected chi connectivity index (χ3v) is 0. The standard InChI is InChI=1S/BH6NSi2/c1-2(3)4/h3-4H3.